The molecule has 0 bridgehead atoms. The molecule has 0 saturated carbocycles. The van der Waals surface area contributed by atoms with E-state index in [1.807, 2.05) is 36.4 Å². The number of hydrogen-bond donors (Lipinski definition) is 1. The summed E-state index contributed by atoms with van der Waals surface area (Å²) < 4.78 is 6.34. The molecule has 1 saturated heterocycles. The summed E-state index contributed by atoms with van der Waals surface area (Å²) in [5.74, 6) is 0.681. The number of phenolic OH excluding ortho intramolecular Hbond substituents is 1. The number of amidine groups is 1. The molecule has 1 fully saturated rings. The van der Waals surface area contributed by atoms with E-state index >= 15 is 0 Å². The van der Waals surface area contributed by atoms with Crippen LogP contribution in [0.3, 0.4) is 0 Å². The van der Waals surface area contributed by atoms with Crippen molar-refractivity contribution in [3.05, 3.63) is 93.2 Å². The lowest BCUT2D eigenvalue weighted by molar-refractivity contribution is -0.122. The second kappa shape index (κ2) is 9.15. The Labute approximate surface area is 185 Å². The van der Waals surface area contributed by atoms with Crippen molar-refractivity contribution in [1.29, 1.82) is 0 Å². The molecule has 2 aromatic carbocycles. The molecule has 3 aromatic rings. The standard InChI is InChI=1S/C22H16BrN3O3S/c23-17-4-1-3-16(11-17)12-20-21(28)26(14-19-5-2-10-29-19)22(30-20)25-24-13-15-6-8-18(27)9-7-15/h1-13,27H,14H2/b20-12-,24-13-,25-22+. The van der Waals surface area contributed by atoms with Gasteiger partial charge >= 0.3 is 0 Å². The number of rotatable bonds is 5. The van der Waals surface area contributed by atoms with E-state index in [4.69, 9.17) is 4.42 Å². The Kier molecular flexibility index (Phi) is 6.15. The average molecular weight is 482 g/mol. The Morgan fingerprint density at radius 3 is 2.67 bits per heavy atom. The number of thioether (sulfide) groups is 1. The quantitative estimate of drug-likeness (QED) is 0.306. The number of hydrogen-bond acceptors (Lipinski definition) is 6. The number of halogens is 1. The minimum atomic E-state index is -0.157. The first kappa shape index (κ1) is 20.2. The van der Waals surface area contributed by atoms with Crippen molar-refractivity contribution < 1.29 is 14.3 Å². The van der Waals surface area contributed by atoms with Gasteiger partial charge in [0.05, 0.1) is 23.9 Å². The van der Waals surface area contributed by atoms with Crippen LogP contribution in [0.25, 0.3) is 6.08 Å². The van der Waals surface area contributed by atoms with Gasteiger partial charge in [-0.3, -0.25) is 9.69 Å². The van der Waals surface area contributed by atoms with E-state index in [0.29, 0.717) is 15.8 Å². The lowest BCUT2D eigenvalue weighted by Gasteiger charge is -2.12. The first-order valence-corrected chi connectivity index (χ1v) is 10.6. The lowest BCUT2D eigenvalue weighted by Crippen LogP contribution is -2.28. The topological polar surface area (TPSA) is 78.4 Å². The fraction of sp³-hybridized carbons (Fsp3) is 0.0455. The highest BCUT2D eigenvalue weighted by molar-refractivity contribution is 9.10. The van der Waals surface area contributed by atoms with Gasteiger partial charge in [-0.25, -0.2) is 0 Å². The van der Waals surface area contributed by atoms with Crippen molar-refractivity contribution in [2.45, 2.75) is 6.54 Å². The minimum absolute atomic E-state index is 0.157. The van der Waals surface area contributed by atoms with E-state index in [1.165, 1.54) is 11.8 Å². The van der Waals surface area contributed by atoms with Gasteiger partial charge in [0.2, 0.25) is 0 Å². The van der Waals surface area contributed by atoms with Crippen LogP contribution in [0, 0.1) is 0 Å². The van der Waals surface area contributed by atoms with Gasteiger partial charge in [-0.2, -0.15) is 5.10 Å². The molecule has 150 valence electrons. The van der Waals surface area contributed by atoms with Crippen molar-refractivity contribution in [3.63, 3.8) is 0 Å². The Bertz CT molecular complexity index is 1140. The van der Waals surface area contributed by atoms with Gasteiger partial charge in [-0.1, -0.05) is 28.1 Å². The van der Waals surface area contributed by atoms with Gasteiger partial charge < -0.3 is 9.52 Å². The van der Waals surface area contributed by atoms with Crippen LogP contribution >= 0.6 is 27.7 Å². The van der Waals surface area contributed by atoms with Crippen molar-refractivity contribution in [3.8, 4) is 5.75 Å². The lowest BCUT2D eigenvalue weighted by atomic mass is 10.2. The first-order valence-electron chi connectivity index (χ1n) is 8.98. The van der Waals surface area contributed by atoms with Gasteiger partial charge in [-0.05, 0) is 77.5 Å². The maximum atomic E-state index is 13.0. The molecule has 2 heterocycles. The molecule has 1 aliphatic heterocycles. The number of nitrogens with zero attached hydrogens (tertiary/aromatic N) is 3. The number of carbonyl (C=O) groups is 1. The molecule has 6 nitrogen and oxygen atoms in total. The van der Waals surface area contributed by atoms with E-state index in [0.717, 1.165) is 15.6 Å². The van der Waals surface area contributed by atoms with Crippen molar-refractivity contribution in [2.24, 2.45) is 10.2 Å². The molecule has 1 aliphatic rings. The van der Waals surface area contributed by atoms with E-state index < -0.39 is 0 Å². The number of phenols is 1. The van der Waals surface area contributed by atoms with Crippen LogP contribution in [0.1, 0.15) is 16.9 Å². The third kappa shape index (κ3) is 4.90. The third-order valence-corrected chi connectivity index (χ3v) is 5.66. The number of amides is 1. The number of benzene rings is 2. The fourth-order valence-corrected chi connectivity index (χ4v) is 4.09. The maximum Gasteiger partial charge on any atom is 0.267 e. The summed E-state index contributed by atoms with van der Waals surface area (Å²) in [6.07, 6.45) is 4.97. The molecule has 0 atom stereocenters. The molecule has 0 spiro atoms. The van der Waals surface area contributed by atoms with Gasteiger partial charge in [0.25, 0.3) is 5.91 Å². The first-order chi connectivity index (χ1) is 14.6. The fourth-order valence-electron chi connectivity index (χ4n) is 2.73. The second-order valence-corrected chi connectivity index (χ2v) is 8.28. The van der Waals surface area contributed by atoms with E-state index in [1.54, 1.807) is 47.7 Å². The molecule has 0 unspecified atom stereocenters. The number of furan rings is 1. The zero-order chi connectivity index (χ0) is 20.9. The van der Waals surface area contributed by atoms with Crippen LogP contribution in [0.5, 0.6) is 5.75 Å². The Hall–Kier alpha value is -3.10. The van der Waals surface area contributed by atoms with Crippen LogP contribution in [0.15, 0.2) is 90.9 Å². The van der Waals surface area contributed by atoms with Crippen LogP contribution in [0.4, 0.5) is 0 Å². The Morgan fingerprint density at radius 2 is 1.93 bits per heavy atom. The van der Waals surface area contributed by atoms with Gasteiger partial charge in [0.15, 0.2) is 5.17 Å². The maximum absolute atomic E-state index is 13.0. The van der Waals surface area contributed by atoms with Crippen LogP contribution in [0.2, 0.25) is 0 Å². The van der Waals surface area contributed by atoms with Crippen molar-refractivity contribution in [1.82, 2.24) is 4.90 Å². The molecule has 0 radical (unpaired) electrons. The van der Waals surface area contributed by atoms with E-state index in [-0.39, 0.29) is 18.2 Å². The Balaban J connectivity index is 1.61. The largest absolute Gasteiger partial charge is 0.508 e. The molecule has 1 N–H and O–H groups in total. The molecule has 4 rings (SSSR count). The predicted octanol–water partition coefficient (Wildman–Crippen LogP) is 5.25. The Morgan fingerprint density at radius 1 is 1.10 bits per heavy atom. The monoisotopic (exact) mass is 481 g/mol. The zero-order valence-electron chi connectivity index (χ0n) is 15.6. The SMILES string of the molecule is O=C1/C(=C/c2cccc(Br)c2)S/C(=N/N=C\c2ccc(O)cc2)N1Cc1ccco1. The summed E-state index contributed by atoms with van der Waals surface area (Å²) in [5.41, 5.74) is 1.70. The van der Waals surface area contributed by atoms with Crippen molar-refractivity contribution in [2.75, 3.05) is 0 Å². The summed E-state index contributed by atoms with van der Waals surface area (Å²) in [6.45, 7) is 0.266. The average Bonchev–Trinajstić information content (AvgIpc) is 3.34. The normalized spacial score (nSPS) is 17.0. The third-order valence-electron chi connectivity index (χ3n) is 4.17. The minimum Gasteiger partial charge on any atom is -0.508 e. The van der Waals surface area contributed by atoms with Crippen LogP contribution < -0.4 is 0 Å². The second-order valence-electron chi connectivity index (χ2n) is 6.35. The van der Waals surface area contributed by atoms with Crippen LogP contribution in [-0.4, -0.2) is 27.3 Å². The summed E-state index contributed by atoms with van der Waals surface area (Å²) in [5, 5.41) is 18.2. The molecule has 30 heavy (non-hydrogen) atoms. The highest BCUT2D eigenvalue weighted by Crippen LogP contribution is 2.34. The molecule has 8 heteroatoms. The summed E-state index contributed by atoms with van der Waals surface area (Å²) in [6, 6.07) is 17.9. The summed E-state index contributed by atoms with van der Waals surface area (Å²) in [4.78, 5) is 15.1. The van der Waals surface area contributed by atoms with E-state index in [2.05, 4.69) is 26.1 Å². The van der Waals surface area contributed by atoms with Gasteiger partial charge in [-0.15, -0.1) is 5.10 Å². The van der Waals surface area contributed by atoms with Crippen molar-refractivity contribution >= 4 is 51.1 Å². The number of aromatic hydroxyl groups is 1. The van der Waals surface area contributed by atoms with Gasteiger partial charge in [0.1, 0.15) is 11.5 Å². The zero-order valence-corrected chi connectivity index (χ0v) is 18.0. The molecule has 0 aliphatic carbocycles. The molecular weight excluding hydrogens is 466 g/mol. The smallest absolute Gasteiger partial charge is 0.267 e. The number of carbonyl (C=O) groups excluding carboxylic acids is 1. The summed E-state index contributed by atoms with van der Waals surface area (Å²) in [7, 11) is 0. The highest BCUT2D eigenvalue weighted by atomic mass is 79.9. The van der Waals surface area contributed by atoms with Gasteiger partial charge in [0, 0.05) is 4.47 Å². The van der Waals surface area contributed by atoms with E-state index in [9.17, 15) is 9.90 Å². The molecule has 1 aromatic heterocycles. The summed E-state index contributed by atoms with van der Waals surface area (Å²) >= 11 is 4.71. The highest BCUT2D eigenvalue weighted by Gasteiger charge is 2.34. The van der Waals surface area contributed by atoms with Crippen LogP contribution in [-0.2, 0) is 11.3 Å². The molecule has 1 amide bonds. The molecular formula is C22H16BrN3O3S. The predicted molar refractivity (Wildman–Crippen MR) is 122 cm³/mol.